The lowest BCUT2D eigenvalue weighted by molar-refractivity contribution is -0.129. The Labute approximate surface area is 139 Å². The van der Waals surface area contributed by atoms with E-state index in [4.69, 9.17) is 15.2 Å². The van der Waals surface area contributed by atoms with Gasteiger partial charge in [-0.1, -0.05) is 6.07 Å². The highest BCUT2D eigenvalue weighted by Gasteiger charge is 2.35. The summed E-state index contributed by atoms with van der Waals surface area (Å²) in [5.41, 5.74) is 6.31. The van der Waals surface area contributed by atoms with Crippen LogP contribution in [0.5, 0.6) is 5.75 Å². The number of nitrogens with two attached hydrogens (primary N) is 1. The predicted molar refractivity (Wildman–Crippen MR) is 86.8 cm³/mol. The highest BCUT2D eigenvalue weighted by molar-refractivity contribution is 9.10. The Hall–Kier alpha value is -0.820. The molecule has 7 heteroatoms. The molecule has 118 valence electrons. The fraction of sp³-hybridized carbons (Fsp3) is 0.500. The number of nitrogens with one attached hydrogen (secondary N) is 1. The zero-order valence-corrected chi connectivity index (χ0v) is 14.3. The molecule has 1 aliphatic rings. The number of hydrogen-bond donors (Lipinski definition) is 2. The van der Waals surface area contributed by atoms with Crippen LogP contribution >= 0.6 is 28.3 Å². The monoisotopic (exact) mass is 378 g/mol. The molecule has 0 radical (unpaired) electrons. The maximum Gasteiger partial charge on any atom is 0.240 e. The molecule has 1 aliphatic heterocycles. The molecule has 1 aromatic carbocycles. The van der Waals surface area contributed by atoms with Gasteiger partial charge in [0.05, 0.1) is 17.1 Å². The summed E-state index contributed by atoms with van der Waals surface area (Å²) < 4.78 is 11.3. The molecule has 0 atom stereocenters. The predicted octanol–water partition coefficient (Wildman–Crippen LogP) is 2.00. The third-order valence-electron chi connectivity index (χ3n) is 3.51. The molecular weight excluding hydrogens is 360 g/mol. The van der Waals surface area contributed by atoms with Crippen LogP contribution in [-0.2, 0) is 16.1 Å². The maximum atomic E-state index is 12.2. The number of carbonyl (C=O) groups is 1. The minimum absolute atomic E-state index is 0. The third-order valence-corrected chi connectivity index (χ3v) is 4.13. The van der Waals surface area contributed by atoms with E-state index >= 15 is 0 Å². The summed E-state index contributed by atoms with van der Waals surface area (Å²) in [7, 11) is 1.62. The van der Waals surface area contributed by atoms with Crippen LogP contribution in [0.3, 0.4) is 0 Å². The van der Waals surface area contributed by atoms with Gasteiger partial charge in [-0.2, -0.15) is 0 Å². The molecule has 2 rings (SSSR count). The third kappa shape index (κ3) is 4.57. The van der Waals surface area contributed by atoms with Crippen molar-refractivity contribution >= 4 is 34.2 Å². The van der Waals surface area contributed by atoms with Crippen LogP contribution in [0.25, 0.3) is 0 Å². The number of ether oxygens (including phenoxy) is 2. The van der Waals surface area contributed by atoms with E-state index in [0.717, 1.165) is 15.8 Å². The van der Waals surface area contributed by atoms with Gasteiger partial charge >= 0.3 is 0 Å². The summed E-state index contributed by atoms with van der Waals surface area (Å²) in [5.74, 6) is 0.646. The maximum absolute atomic E-state index is 12.2. The van der Waals surface area contributed by atoms with Crippen molar-refractivity contribution in [1.82, 2.24) is 5.32 Å². The number of benzene rings is 1. The normalized spacial score (nSPS) is 16.7. The molecule has 0 aliphatic carbocycles. The molecular formula is C14H20BrClN2O3. The average Bonchev–Trinajstić information content (AvgIpc) is 2.45. The van der Waals surface area contributed by atoms with Gasteiger partial charge < -0.3 is 20.5 Å². The molecule has 0 spiro atoms. The first-order valence-electron chi connectivity index (χ1n) is 6.52. The molecule has 1 amide bonds. The molecule has 0 unspecified atom stereocenters. The fourth-order valence-corrected chi connectivity index (χ4v) is 2.73. The van der Waals surface area contributed by atoms with Crippen LogP contribution in [0, 0.1) is 0 Å². The van der Waals surface area contributed by atoms with Crippen molar-refractivity contribution in [2.24, 2.45) is 5.73 Å². The quantitative estimate of drug-likeness (QED) is 0.839. The first-order chi connectivity index (χ1) is 9.55. The summed E-state index contributed by atoms with van der Waals surface area (Å²) in [6, 6.07) is 5.70. The number of methoxy groups -OCH3 is 1. The molecule has 5 nitrogen and oxygen atoms in total. The summed E-state index contributed by atoms with van der Waals surface area (Å²) in [6.45, 7) is 1.53. The van der Waals surface area contributed by atoms with Crippen LogP contribution in [0.4, 0.5) is 0 Å². The second kappa shape index (κ2) is 7.98. The van der Waals surface area contributed by atoms with E-state index in [9.17, 15) is 4.79 Å². The van der Waals surface area contributed by atoms with Gasteiger partial charge in [-0.15, -0.1) is 12.4 Å². The minimum Gasteiger partial charge on any atom is -0.496 e. The number of amides is 1. The summed E-state index contributed by atoms with van der Waals surface area (Å²) in [5, 5.41) is 2.89. The van der Waals surface area contributed by atoms with Gasteiger partial charge in [0.25, 0.3) is 0 Å². The van der Waals surface area contributed by atoms with Gasteiger partial charge in [0.15, 0.2) is 0 Å². The lowest BCUT2D eigenvalue weighted by Gasteiger charge is -2.31. The lowest BCUT2D eigenvalue weighted by Crippen LogP contribution is -2.56. The Balaban J connectivity index is 0.00000220. The topological polar surface area (TPSA) is 73.6 Å². The highest BCUT2D eigenvalue weighted by atomic mass is 79.9. The Morgan fingerprint density at radius 1 is 1.48 bits per heavy atom. The second-order valence-corrected chi connectivity index (χ2v) is 5.77. The van der Waals surface area contributed by atoms with Crippen LogP contribution in [0.2, 0.25) is 0 Å². The van der Waals surface area contributed by atoms with Crippen molar-refractivity contribution in [3.8, 4) is 5.75 Å². The zero-order valence-electron chi connectivity index (χ0n) is 11.9. The molecule has 1 fully saturated rings. The van der Waals surface area contributed by atoms with Crippen LogP contribution in [-0.4, -0.2) is 31.8 Å². The molecule has 3 N–H and O–H groups in total. The Kier molecular flexibility index (Phi) is 6.93. The summed E-state index contributed by atoms with van der Waals surface area (Å²) in [4.78, 5) is 12.2. The number of carbonyl (C=O) groups excluding carboxylic acids is 1. The van der Waals surface area contributed by atoms with E-state index in [1.807, 2.05) is 18.2 Å². The Morgan fingerprint density at radius 2 is 2.14 bits per heavy atom. The Bertz CT molecular complexity index is 493. The number of hydrogen-bond acceptors (Lipinski definition) is 4. The molecule has 1 aromatic rings. The van der Waals surface area contributed by atoms with E-state index in [2.05, 4.69) is 21.2 Å². The number of halogens is 2. The smallest absolute Gasteiger partial charge is 0.240 e. The largest absolute Gasteiger partial charge is 0.496 e. The van der Waals surface area contributed by atoms with Gasteiger partial charge in [-0.3, -0.25) is 4.79 Å². The molecule has 1 heterocycles. The minimum atomic E-state index is -0.804. The summed E-state index contributed by atoms with van der Waals surface area (Å²) >= 11 is 3.42. The van der Waals surface area contributed by atoms with Crippen LogP contribution in [0.15, 0.2) is 22.7 Å². The molecule has 21 heavy (non-hydrogen) atoms. The van der Waals surface area contributed by atoms with Crippen molar-refractivity contribution in [1.29, 1.82) is 0 Å². The first kappa shape index (κ1) is 18.2. The van der Waals surface area contributed by atoms with E-state index in [-0.39, 0.29) is 18.3 Å². The van der Waals surface area contributed by atoms with Gasteiger partial charge in [0.1, 0.15) is 5.75 Å². The Morgan fingerprint density at radius 3 is 2.71 bits per heavy atom. The van der Waals surface area contributed by atoms with Crippen molar-refractivity contribution in [3.05, 3.63) is 28.2 Å². The van der Waals surface area contributed by atoms with E-state index in [1.165, 1.54) is 0 Å². The average molecular weight is 380 g/mol. The van der Waals surface area contributed by atoms with Crippen molar-refractivity contribution < 1.29 is 14.3 Å². The van der Waals surface area contributed by atoms with Crippen molar-refractivity contribution in [3.63, 3.8) is 0 Å². The zero-order chi connectivity index (χ0) is 14.6. The van der Waals surface area contributed by atoms with Gasteiger partial charge in [0, 0.05) is 19.8 Å². The highest BCUT2D eigenvalue weighted by Crippen LogP contribution is 2.25. The van der Waals surface area contributed by atoms with Crippen LogP contribution in [0.1, 0.15) is 18.4 Å². The van der Waals surface area contributed by atoms with Gasteiger partial charge in [0.2, 0.25) is 5.91 Å². The second-order valence-electron chi connectivity index (χ2n) is 4.92. The molecule has 0 bridgehead atoms. The molecule has 0 aromatic heterocycles. The van der Waals surface area contributed by atoms with Crippen molar-refractivity contribution in [2.75, 3.05) is 20.3 Å². The van der Waals surface area contributed by atoms with Crippen LogP contribution < -0.4 is 15.8 Å². The standard InChI is InChI=1S/C14H19BrN2O3.ClH/c1-19-12-3-2-10(8-11(12)15)9-17-13(18)14(16)4-6-20-7-5-14;/h2-3,8H,4-7,9,16H2,1H3,(H,17,18);1H. The lowest BCUT2D eigenvalue weighted by atomic mass is 9.90. The van der Waals surface area contributed by atoms with E-state index in [1.54, 1.807) is 7.11 Å². The van der Waals surface area contributed by atoms with Gasteiger partial charge in [-0.05, 0) is 46.5 Å². The van der Waals surface area contributed by atoms with E-state index < -0.39 is 5.54 Å². The van der Waals surface area contributed by atoms with E-state index in [0.29, 0.717) is 32.6 Å². The first-order valence-corrected chi connectivity index (χ1v) is 7.32. The summed E-state index contributed by atoms with van der Waals surface area (Å²) in [6.07, 6.45) is 1.12. The molecule has 1 saturated heterocycles. The molecule has 0 saturated carbocycles. The van der Waals surface area contributed by atoms with Gasteiger partial charge in [-0.25, -0.2) is 0 Å². The van der Waals surface area contributed by atoms with Crippen molar-refractivity contribution in [2.45, 2.75) is 24.9 Å². The fourth-order valence-electron chi connectivity index (χ4n) is 2.14. The number of rotatable bonds is 4. The SMILES string of the molecule is COc1ccc(CNC(=O)C2(N)CCOCC2)cc1Br.Cl.